The number of benzene rings is 1. The van der Waals surface area contributed by atoms with Gasteiger partial charge < -0.3 is 14.1 Å². The van der Waals surface area contributed by atoms with Gasteiger partial charge in [0.05, 0.1) is 26.2 Å². The molecule has 0 saturated carbocycles. The molecule has 6 heteroatoms. The summed E-state index contributed by atoms with van der Waals surface area (Å²) in [6.45, 7) is 9.22. The van der Waals surface area contributed by atoms with Crippen LogP contribution in [0, 0.1) is 6.92 Å². The molecule has 6 nitrogen and oxygen atoms in total. The molecule has 0 spiro atoms. The Labute approximate surface area is 172 Å². The summed E-state index contributed by atoms with van der Waals surface area (Å²) in [7, 11) is 0. The quantitative estimate of drug-likeness (QED) is 0.406. The van der Waals surface area contributed by atoms with E-state index in [1.807, 2.05) is 49.4 Å². The van der Waals surface area contributed by atoms with Crippen LogP contribution in [0.2, 0.25) is 0 Å². The van der Waals surface area contributed by atoms with E-state index in [0.717, 1.165) is 23.5 Å². The zero-order valence-electron chi connectivity index (χ0n) is 17.3. The Kier molecular flexibility index (Phi) is 9.18. The Balaban J connectivity index is 2.06. The lowest BCUT2D eigenvalue weighted by atomic mass is 10.1. The first-order valence-electron chi connectivity index (χ1n) is 9.87. The number of ether oxygens (including phenoxy) is 1. The Morgan fingerprint density at radius 3 is 2.52 bits per heavy atom. The van der Waals surface area contributed by atoms with Crippen molar-refractivity contribution in [3.05, 3.63) is 72.2 Å². The number of rotatable bonds is 12. The molecule has 156 valence electrons. The average Bonchev–Trinajstić information content (AvgIpc) is 3.11. The van der Waals surface area contributed by atoms with Crippen molar-refractivity contribution in [3.8, 4) is 0 Å². The highest BCUT2D eigenvalue weighted by Gasteiger charge is 2.20. The van der Waals surface area contributed by atoms with E-state index in [0.29, 0.717) is 26.2 Å². The van der Waals surface area contributed by atoms with Crippen LogP contribution in [0.1, 0.15) is 24.0 Å². The summed E-state index contributed by atoms with van der Waals surface area (Å²) in [4.78, 5) is 28.4. The van der Waals surface area contributed by atoms with E-state index < -0.39 is 0 Å². The van der Waals surface area contributed by atoms with Gasteiger partial charge in [0, 0.05) is 13.1 Å². The van der Waals surface area contributed by atoms with Gasteiger partial charge in [-0.2, -0.15) is 0 Å². The molecule has 0 aliphatic heterocycles. The van der Waals surface area contributed by atoms with Crippen molar-refractivity contribution in [3.63, 3.8) is 0 Å². The van der Waals surface area contributed by atoms with Crippen LogP contribution < -0.4 is 0 Å². The van der Waals surface area contributed by atoms with Crippen molar-refractivity contribution in [2.24, 2.45) is 0 Å². The summed E-state index contributed by atoms with van der Waals surface area (Å²) in [5.74, 6) is 1.14. The number of carbonyl (C=O) groups excluding carboxylic acids is 2. The second-order valence-electron chi connectivity index (χ2n) is 6.83. The first-order valence-corrected chi connectivity index (χ1v) is 9.87. The third-order valence-corrected chi connectivity index (χ3v) is 4.41. The van der Waals surface area contributed by atoms with Crippen LogP contribution in [0.3, 0.4) is 0 Å². The van der Waals surface area contributed by atoms with E-state index in [4.69, 9.17) is 9.15 Å². The minimum absolute atomic E-state index is 0.0536. The lowest BCUT2D eigenvalue weighted by Gasteiger charge is -2.26. The summed E-state index contributed by atoms with van der Waals surface area (Å²) in [5.41, 5.74) is 1.16. The molecule has 0 bridgehead atoms. The van der Waals surface area contributed by atoms with Gasteiger partial charge in [-0.3, -0.25) is 14.5 Å². The zero-order valence-corrected chi connectivity index (χ0v) is 17.3. The normalized spacial score (nSPS) is 10.7. The van der Waals surface area contributed by atoms with Crippen LogP contribution in [0.5, 0.6) is 0 Å². The fourth-order valence-electron chi connectivity index (χ4n) is 3.01. The van der Waals surface area contributed by atoms with Crippen molar-refractivity contribution in [2.75, 3.05) is 32.8 Å². The predicted molar refractivity (Wildman–Crippen MR) is 112 cm³/mol. The summed E-state index contributed by atoms with van der Waals surface area (Å²) < 4.78 is 10.7. The molecule has 0 saturated heterocycles. The van der Waals surface area contributed by atoms with Crippen LogP contribution in [0.25, 0.3) is 0 Å². The molecule has 0 unspecified atom stereocenters. The van der Waals surface area contributed by atoms with Crippen LogP contribution >= 0.6 is 0 Å². The highest BCUT2D eigenvalue weighted by atomic mass is 16.5. The van der Waals surface area contributed by atoms with Crippen molar-refractivity contribution in [1.82, 2.24) is 9.80 Å². The summed E-state index contributed by atoms with van der Waals surface area (Å²) in [6, 6.07) is 13.8. The molecule has 2 rings (SSSR count). The van der Waals surface area contributed by atoms with E-state index in [9.17, 15) is 9.59 Å². The molecule has 0 aliphatic carbocycles. The second-order valence-corrected chi connectivity index (χ2v) is 6.83. The molecule has 0 radical (unpaired) electrons. The van der Waals surface area contributed by atoms with Gasteiger partial charge in [-0.05, 0) is 38.0 Å². The number of esters is 1. The highest BCUT2D eigenvalue weighted by molar-refractivity contribution is 5.79. The lowest BCUT2D eigenvalue weighted by Crippen LogP contribution is -2.43. The fourth-order valence-corrected chi connectivity index (χ4v) is 3.01. The smallest absolute Gasteiger partial charge is 0.320 e. The van der Waals surface area contributed by atoms with Gasteiger partial charge in [0.2, 0.25) is 5.91 Å². The van der Waals surface area contributed by atoms with Gasteiger partial charge in [0.25, 0.3) is 0 Å². The number of carbonyl (C=O) groups is 2. The average molecular weight is 399 g/mol. The maximum absolute atomic E-state index is 13.1. The van der Waals surface area contributed by atoms with E-state index in [1.54, 1.807) is 22.8 Å². The van der Waals surface area contributed by atoms with E-state index >= 15 is 0 Å². The first kappa shape index (κ1) is 22.4. The molecular formula is C23H30N2O4. The third-order valence-electron chi connectivity index (χ3n) is 4.41. The SMILES string of the molecule is C=CCN(CC(=O)OCC)CC(=O)N(CCc1ccccc1)Cc1ccc(C)o1. The number of hydrogen-bond donors (Lipinski definition) is 0. The molecule has 0 fully saturated rings. The molecule has 1 aromatic carbocycles. The predicted octanol–water partition coefficient (Wildman–Crippen LogP) is 3.21. The lowest BCUT2D eigenvalue weighted by molar-refractivity contribution is -0.145. The Morgan fingerprint density at radius 2 is 1.90 bits per heavy atom. The molecule has 0 N–H and O–H groups in total. The van der Waals surface area contributed by atoms with Crippen LogP contribution in [-0.4, -0.2) is 54.5 Å². The number of amides is 1. The Hall–Kier alpha value is -2.86. The van der Waals surface area contributed by atoms with E-state index in [-0.39, 0.29) is 25.0 Å². The Bertz CT molecular complexity index is 785. The summed E-state index contributed by atoms with van der Waals surface area (Å²) >= 11 is 0. The largest absolute Gasteiger partial charge is 0.465 e. The van der Waals surface area contributed by atoms with Crippen molar-refractivity contribution >= 4 is 11.9 Å². The molecule has 0 aliphatic rings. The van der Waals surface area contributed by atoms with Crippen molar-refractivity contribution in [2.45, 2.75) is 26.8 Å². The topological polar surface area (TPSA) is 63.0 Å². The second kappa shape index (κ2) is 11.9. The zero-order chi connectivity index (χ0) is 21.1. The van der Waals surface area contributed by atoms with Gasteiger partial charge in [-0.25, -0.2) is 0 Å². The highest BCUT2D eigenvalue weighted by Crippen LogP contribution is 2.12. The van der Waals surface area contributed by atoms with Gasteiger partial charge in [0.1, 0.15) is 11.5 Å². The van der Waals surface area contributed by atoms with Crippen LogP contribution in [0.15, 0.2) is 59.5 Å². The molecule has 1 aromatic heterocycles. The number of aryl methyl sites for hydroxylation is 1. The molecule has 1 amide bonds. The fraction of sp³-hybridized carbons (Fsp3) is 0.391. The van der Waals surface area contributed by atoms with Crippen LogP contribution in [-0.2, 0) is 27.3 Å². The monoisotopic (exact) mass is 398 g/mol. The standard InChI is InChI=1S/C23H30N2O4/c1-4-14-24(18-23(27)28-5-2)17-22(26)25(16-21-12-11-19(3)29-21)15-13-20-9-7-6-8-10-20/h4,6-12H,1,5,13-18H2,2-3H3. The summed E-state index contributed by atoms with van der Waals surface area (Å²) in [5, 5.41) is 0. The van der Waals surface area contributed by atoms with Gasteiger partial charge in [-0.15, -0.1) is 6.58 Å². The minimum Gasteiger partial charge on any atom is -0.465 e. The number of furan rings is 1. The van der Waals surface area contributed by atoms with E-state index in [1.165, 1.54) is 0 Å². The number of hydrogen-bond acceptors (Lipinski definition) is 5. The molecular weight excluding hydrogens is 368 g/mol. The maximum Gasteiger partial charge on any atom is 0.320 e. The maximum atomic E-state index is 13.1. The molecule has 1 heterocycles. The van der Waals surface area contributed by atoms with Crippen molar-refractivity contribution < 1.29 is 18.7 Å². The summed E-state index contributed by atoms with van der Waals surface area (Å²) in [6.07, 6.45) is 2.42. The third kappa shape index (κ3) is 7.95. The molecule has 2 aromatic rings. The van der Waals surface area contributed by atoms with E-state index in [2.05, 4.69) is 6.58 Å². The first-order chi connectivity index (χ1) is 14.0. The molecule has 0 atom stereocenters. The van der Waals surface area contributed by atoms with Gasteiger partial charge in [0.15, 0.2) is 0 Å². The number of nitrogens with zero attached hydrogens (tertiary/aromatic N) is 2. The van der Waals surface area contributed by atoms with Crippen molar-refractivity contribution in [1.29, 1.82) is 0 Å². The molecule has 29 heavy (non-hydrogen) atoms. The van der Waals surface area contributed by atoms with Crippen LogP contribution in [0.4, 0.5) is 0 Å². The Morgan fingerprint density at radius 1 is 1.14 bits per heavy atom. The van der Waals surface area contributed by atoms with Gasteiger partial charge in [-0.1, -0.05) is 36.4 Å². The minimum atomic E-state index is -0.348. The van der Waals surface area contributed by atoms with Gasteiger partial charge >= 0.3 is 5.97 Å².